The smallest absolute Gasteiger partial charge is 0.270 e. The van der Waals surface area contributed by atoms with Crippen LogP contribution in [0.15, 0.2) is 18.3 Å². The number of anilines is 1. The van der Waals surface area contributed by atoms with E-state index in [1.54, 1.807) is 0 Å². The molecule has 64 valence electrons. The standard InChI is InChI=1S/C6H8N2.Br2I/c1-5-2-3-6(7)8-4-5;1-3-2/h2-4H,1H3,(H2,7,8);/q;-1/p+1. The Morgan fingerprint density at radius 3 is 2.27 bits per heavy atom. The molecule has 1 aromatic rings. The van der Waals surface area contributed by atoms with Gasteiger partial charge in [-0.3, -0.25) is 5.73 Å². The third-order valence-corrected chi connectivity index (χ3v) is 0.992. The Labute approximate surface area is 88.7 Å². The number of H-pyrrole nitrogens is 1. The minimum Gasteiger partial charge on any atom is -0.287 e. The number of aryl methyl sites for hydroxylation is 1. The van der Waals surface area contributed by atoms with Gasteiger partial charge < -0.3 is 0 Å². The zero-order chi connectivity index (χ0) is 8.69. The first-order valence-corrected chi connectivity index (χ1v) is 12.5. The summed E-state index contributed by atoms with van der Waals surface area (Å²) in [6.07, 6.45) is 1.87. The Hall–Kier alpha value is 0.640. The van der Waals surface area contributed by atoms with E-state index in [9.17, 15) is 0 Å². The van der Waals surface area contributed by atoms with Crippen molar-refractivity contribution in [2.75, 3.05) is 5.73 Å². The van der Waals surface area contributed by atoms with Gasteiger partial charge in [0, 0.05) is 6.07 Å². The van der Waals surface area contributed by atoms with E-state index in [0.29, 0.717) is 5.82 Å². The Balaban J connectivity index is 0.000000292. The molecule has 5 heteroatoms. The molecule has 0 amide bonds. The molecule has 0 aromatic carbocycles. The largest absolute Gasteiger partial charge is 0.287 e. The Kier molecular flexibility index (Phi) is 7.72. The Morgan fingerprint density at radius 1 is 1.45 bits per heavy atom. The fraction of sp³-hybridized carbons (Fsp3) is 0.167. The van der Waals surface area contributed by atoms with Crippen molar-refractivity contribution in [2.45, 2.75) is 6.92 Å². The molecule has 0 spiro atoms. The first kappa shape index (κ1) is 11.6. The second-order valence-electron chi connectivity index (χ2n) is 1.88. The molecular weight excluding hydrogens is 387 g/mol. The Bertz CT molecular complexity index is 169. The zero-order valence-electron chi connectivity index (χ0n) is 5.94. The monoisotopic (exact) mass is 394 g/mol. The average molecular weight is 396 g/mol. The van der Waals surface area contributed by atoms with Crippen LogP contribution in [0.1, 0.15) is 5.56 Å². The van der Waals surface area contributed by atoms with Crippen molar-refractivity contribution >= 4 is 31.2 Å². The van der Waals surface area contributed by atoms with E-state index in [4.69, 9.17) is 5.73 Å². The fourth-order valence-corrected chi connectivity index (χ4v) is 0.515. The van der Waals surface area contributed by atoms with Gasteiger partial charge in [-0.2, -0.15) is 0 Å². The van der Waals surface area contributed by atoms with E-state index in [2.05, 4.69) is 30.4 Å². The van der Waals surface area contributed by atoms with Crippen molar-refractivity contribution in [3.05, 3.63) is 23.9 Å². The number of aromatic amines is 1. The average Bonchev–Trinajstić information content (AvgIpc) is 1.97. The molecule has 0 radical (unpaired) electrons. The van der Waals surface area contributed by atoms with Crippen LogP contribution in [0.5, 0.6) is 0 Å². The summed E-state index contributed by atoms with van der Waals surface area (Å²) in [4.78, 5) is 2.88. The summed E-state index contributed by atoms with van der Waals surface area (Å²) in [6, 6.07) is 3.81. The molecule has 1 aromatic heterocycles. The summed E-state index contributed by atoms with van der Waals surface area (Å²) in [5.41, 5.74) is 6.56. The Morgan fingerprint density at radius 2 is 2.00 bits per heavy atom. The number of pyridine rings is 1. The maximum Gasteiger partial charge on any atom is 0.270 e. The van der Waals surface area contributed by atoms with Crippen LogP contribution < -0.4 is 27.5 Å². The molecule has 0 aliphatic rings. The molecule has 0 atom stereocenters. The van der Waals surface area contributed by atoms with Crippen molar-refractivity contribution < 1.29 is 21.7 Å². The molecule has 1 heterocycles. The number of nitrogens with two attached hydrogens (primary N) is 1. The summed E-state index contributed by atoms with van der Waals surface area (Å²) in [5.74, 6) is 0.704. The van der Waals surface area contributed by atoms with Crippen LogP contribution in [0.4, 0.5) is 5.82 Å². The summed E-state index contributed by atoms with van der Waals surface area (Å²) >= 11 is 6.56. The van der Waals surface area contributed by atoms with Crippen molar-refractivity contribution in [2.24, 2.45) is 0 Å². The molecule has 11 heavy (non-hydrogen) atoms. The van der Waals surface area contributed by atoms with E-state index in [0.717, 1.165) is 0 Å². The van der Waals surface area contributed by atoms with E-state index >= 15 is 0 Å². The minimum atomic E-state index is 0.215. The van der Waals surface area contributed by atoms with Crippen molar-refractivity contribution in [3.63, 3.8) is 0 Å². The van der Waals surface area contributed by atoms with Gasteiger partial charge in [0.25, 0.3) is 5.82 Å². The number of halogens is 3. The van der Waals surface area contributed by atoms with Crippen LogP contribution in [0, 0.1) is 6.92 Å². The van der Waals surface area contributed by atoms with Gasteiger partial charge in [0.1, 0.15) is 0 Å². The molecule has 0 unspecified atom stereocenters. The van der Waals surface area contributed by atoms with Crippen molar-refractivity contribution in [1.29, 1.82) is 0 Å². The van der Waals surface area contributed by atoms with Crippen LogP contribution in [0.2, 0.25) is 0 Å². The van der Waals surface area contributed by atoms with Gasteiger partial charge in [-0.05, 0) is 18.6 Å². The quantitative estimate of drug-likeness (QED) is 0.568. The third kappa shape index (κ3) is 7.02. The number of aromatic nitrogens is 1. The maximum absolute atomic E-state index is 5.37. The first-order valence-electron chi connectivity index (χ1n) is 2.81. The van der Waals surface area contributed by atoms with Gasteiger partial charge >= 0.3 is 42.1 Å². The van der Waals surface area contributed by atoms with Gasteiger partial charge in [0.15, 0.2) is 0 Å². The van der Waals surface area contributed by atoms with Gasteiger partial charge in [-0.25, -0.2) is 4.98 Å². The molecule has 0 saturated heterocycles. The zero-order valence-corrected chi connectivity index (χ0v) is 11.3. The van der Waals surface area contributed by atoms with Gasteiger partial charge in [0.2, 0.25) is 0 Å². The van der Waals surface area contributed by atoms with E-state index in [-0.39, 0.29) is 16.8 Å². The van der Waals surface area contributed by atoms with E-state index < -0.39 is 0 Å². The predicted molar refractivity (Wildman–Crippen MR) is 50.0 cm³/mol. The van der Waals surface area contributed by atoms with Crippen molar-refractivity contribution in [3.8, 4) is 0 Å². The van der Waals surface area contributed by atoms with E-state index in [1.807, 2.05) is 25.3 Å². The molecule has 2 nitrogen and oxygen atoms in total. The minimum absolute atomic E-state index is 0.215. The summed E-state index contributed by atoms with van der Waals surface area (Å²) in [5, 5.41) is 0. The molecule has 1 rings (SSSR count). The van der Waals surface area contributed by atoms with Crippen LogP contribution in [-0.4, -0.2) is 0 Å². The molecule has 0 saturated carbocycles. The van der Waals surface area contributed by atoms with E-state index in [1.165, 1.54) is 5.56 Å². The molecule has 0 aliphatic carbocycles. The van der Waals surface area contributed by atoms with Crippen LogP contribution in [0.3, 0.4) is 0 Å². The number of nitrogen functional groups attached to an aromatic ring is 1. The summed E-state index contributed by atoms with van der Waals surface area (Å²) in [7, 11) is 0. The number of hydrogen-bond acceptors (Lipinski definition) is 1. The molecule has 3 N–H and O–H groups in total. The summed E-state index contributed by atoms with van der Waals surface area (Å²) in [6.45, 7) is 2.01. The topological polar surface area (TPSA) is 40.2 Å². The molecule has 0 aliphatic heterocycles. The number of nitrogens with one attached hydrogen (secondary N) is 1. The van der Waals surface area contributed by atoms with Gasteiger partial charge in [-0.15, -0.1) is 0 Å². The van der Waals surface area contributed by atoms with Crippen LogP contribution in [0.25, 0.3) is 0 Å². The normalized spacial score (nSPS) is 8.64. The third-order valence-electron chi connectivity index (χ3n) is 0.992. The van der Waals surface area contributed by atoms with Crippen LogP contribution >= 0.6 is 25.4 Å². The van der Waals surface area contributed by atoms with Gasteiger partial charge in [-0.1, -0.05) is 0 Å². The first-order chi connectivity index (χ1) is 5.20. The van der Waals surface area contributed by atoms with Crippen LogP contribution in [-0.2, 0) is 0 Å². The fourth-order valence-electron chi connectivity index (χ4n) is 0.515. The SMILES string of the molecule is Br[I-]Br.Cc1ccc(N)[nH+]c1. The second-order valence-corrected chi connectivity index (χ2v) is 11.6. The molecule has 0 fully saturated rings. The second kappa shape index (κ2) is 7.30. The molecular formula is C6H9Br2IN2. The number of rotatable bonds is 0. The number of hydrogen-bond donors (Lipinski definition) is 1. The summed E-state index contributed by atoms with van der Waals surface area (Å²) < 4.78 is 0. The van der Waals surface area contributed by atoms with Gasteiger partial charge in [0.05, 0.1) is 6.20 Å². The molecule has 0 bridgehead atoms. The van der Waals surface area contributed by atoms with Crippen molar-refractivity contribution in [1.82, 2.24) is 0 Å². The maximum atomic E-state index is 5.37. The predicted octanol–water partition coefficient (Wildman–Crippen LogP) is -0.913.